The SMILES string of the molecule is Cc1oc2ccccc2c1C(=O)N1CCC([C@H]2OCC[C@@H]2C(N)=O)CC1. The zero-order valence-corrected chi connectivity index (χ0v) is 14.9. The van der Waals surface area contributed by atoms with Crippen LogP contribution in [0.25, 0.3) is 11.0 Å². The molecule has 26 heavy (non-hydrogen) atoms. The Morgan fingerprint density at radius 2 is 1.88 bits per heavy atom. The van der Waals surface area contributed by atoms with Crippen molar-refractivity contribution in [2.24, 2.45) is 17.6 Å². The van der Waals surface area contributed by atoms with Crippen LogP contribution in [0.4, 0.5) is 0 Å². The van der Waals surface area contributed by atoms with Crippen LogP contribution in [0.3, 0.4) is 0 Å². The molecule has 2 saturated heterocycles. The van der Waals surface area contributed by atoms with E-state index in [0.717, 1.165) is 23.8 Å². The molecule has 2 fully saturated rings. The number of primary amides is 1. The number of rotatable bonds is 3. The van der Waals surface area contributed by atoms with Gasteiger partial charge in [-0.2, -0.15) is 0 Å². The summed E-state index contributed by atoms with van der Waals surface area (Å²) >= 11 is 0. The van der Waals surface area contributed by atoms with Crippen molar-refractivity contribution < 1.29 is 18.7 Å². The Balaban J connectivity index is 1.47. The number of hydrogen-bond donors (Lipinski definition) is 1. The Bertz CT molecular complexity index is 835. The third-order valence-corrected chi connectivity index (χ3v) is 5.78. The molecule has 0 spiro atoms. The maximum absolute atomic E-state index is 13.1. The molecular weight excluding hydrogens is 332 g/mol. The minimum absolute atomic E-state index is 0.0182. The highest BCUT2D eigenvalue weighted by Crippen LogP contribution is 2.34. The first-order valence-electron chi connectivity index (χ1n) is 9.24. The van der Waals surface area contributed by atoms with Crippen LogP contribution in [0.2, 0.25) is 0 Å². The summed E-state index contributed by atoms with van der Waals surface area (Å²) in [5, 5.41) is 0.866. The summed E-state index contributed by atoms with van der Waals surface area (Å²) in [6.45, 7) is 3.75. The first-order valence-corrected chi connectivity index (χ1v) is 9.24. The molecule has 0 bridgehead atoms. The third kappa shape index (κ3) is 2.88. The average molecular weight is 356 g/mol. The number of carbonyl (C=O) groups excluding carboxylic acids is 2. The fourth-order valence-electron chi connectivity index (χ4n) is 4.40. The second kappa shape index (κ2) is 6.76. The van der Waals surface area contributed by atoms with Crippen LogP contribution in [-0.2, 0) is 9.53 Å². The quantitative estimate of drug-likeness (QED) is 0.915. The summed E-state index contributed by atoms with van der Waals surface area (Å²) in [6, 6.07) is 7.63. The molecule has 0 saturated carbocycles. The van der Waals surface area contributed by atoms with E-state index in [4.69, 9.17) is 14.9 Å². The molecule has 0 aliphatic carbocycles. The lowest BCUT2D eigenvalue weighted by molar-refractivity contribution is -0.124. The maximum atomic E-state index is 13.1. The molecule has 0 radical (unpaired) electrons. The van der Waals surface area contributed by atoms with Gasteiger partial charge in [0.2, 0.25) is 5.91 Å². The third-order valence-electron chi connectivity index (χ3n) is 5.78. The molecule has 2 aliphatic rings. The molecule has 1 aromatic carbocycles. The highest BCUT2D eigenvalue weighted by Gasteiger charge is 2.40. The predicted molar refractivity (Wildman–Crippen MR) is 96.6 cm³/mol. The van der Waals surface area contributed by atoms with Gasteiger partial charge in [-0.25, -0.2) is 0 Å². The highest BCUT2D eigenvalue weighted by molar-refractivity contribution is 6.07. The predicted octanol–water partition coefficient (Wildman–Crippen LogP) is 2.48. The zero-order chi connectivity index (χ0) is 18.3. The number of fused-ring (bicyclic) bond motifs is 1. The van der Waals surface area contributed by atoms with E-state index in [9.17, 15) is 9.59 Å². The van der Waals surface area contributed by atoms with Gasteiger partial charge in [0, 0.05) is 25.1 Å². The van der Waals surface area contributed by atoms with Crippen molar-refractivity contribution in [1.29, 1.82) is 0 Å². The lowest BCUT2D eigenvalue weighted by Crippen LogP contribution is -2.44. The highest BCUT2D eigenvalue weighted by atomic mass is 16.5. The number of nitrogens with two attached hydrogens (primary N) is 1. The van der Waals surface area contributed by atoms with Gasteiger partial charge in [-0.1, -0.05) is 18.2 Å². The van der Waals surface area contributed by atoms with Crippen LogP contribution >= 0.6 is 0 Å². The number of likely N-dealkylation sites (tertiary alicyclic amines) is 1. The van der Waals surface area contributed by atoms with Crippen molar-refractivity contribution >= 4 is 22.8 Å². The number of benzene rings is 1. The van der Waals surface area contributed by atoms with Gasteiger partial charge >= 0.3 is 0 Å². The van der Waals surface area contributed by atoms with E-state index in [1.807, 2.05) is 36.1 Å². The monoisotopic (exact) mass is 356 g/mol. The first-order chi connectivity index (χ1) is 12.6. The molecule has 0 unspecified atom stereocenters. The number of carbonyl (C=O) groups is 2. The fourth-order valence-corrected chi connectivity index (χ4v) is 4.40. The van der Waals surface area contributed by atoms with Crippen molar-refractivity contribution in [2.75, 3.05) is 19.7 Å². The topological polar surface area (TPSA) is 85.8 Å². The van der Waals surface area contributed by atoms with Crippen LogP contribution in [0, 0.1) is 18.8 Å². The van der Waals surface area contributed by atoms with Crippen LogP contribution in [0.15, 0.2) is 28.7 Å². The molecule has 2 aliphatic heterocycles. The maximum Gasteiger partial charge on any atom is 0.258 e. The lowest BCUT2D eigenvalue weighted by atomic mass is 9.84. The van der Waals surface area contributed by atoms with Crippen LogP contribution in [-0.4, -0.2) is 42.5 Å². The molecule has 6 nitrogen and oxygen atoms in total. The molecule has 1 aromatic heterocycles. The van der Waals surface area contributed by atoms with Crippen molar-refractivity contribution in [2.45, 2.75) is 32.3 Å². The van der Waals surface area contributed by atoms with Crippen LogP contribution < -0.4 is 5.73 Å². The molecule has 2 aromatic rings. The van der Waals surface area contributed by atoms with Crippen molar-refractivity contribution in [3.63, 3.8) is 0 Å². The Labute approximate surface area is 152 Å². The number of para-hydroxylation sites is 1. The van der Waals surface area contributed by atoms with E-state index in [1.165, 1.54) is 0 Å². The Hall–Kier alpha value is -2.34. The largest absolute Gasteiger partial charge is 0.461 e. The van der Waals surface area contributed by atoms with Crippen molar-refractivity contribution in [1.82, 2.24) is 4.90 Å². The molecule has 2 N–H and O–H groups in total. The number of ether oxygens (including phenoxy) is 1. The molecule has 4 rings (SSSR count). The normalized spacial score (nSPS) is 24.3. The molecular formula is C20H24N2O4. The molecule has 2 atom stereocenters. The van der Waals surface area contributed by atoms with Gasteiger partial charge in [-0.3, -0.25) is 9.59 Å². The van der Waals surface area contributed by atoms with Gasteiger partial charge in [-0.15, -0.1) is 0 Å². The second-order valence-corrected chi connectivity index (χ2v) is 7.29. The zero-order valence-electron chi connectivity index (χ0n) is 14.9. The minimum atomic E-state index is -0.272. The van der Waals surface area contributed by atoms with E-state index in [2.05, 4.69) is 0 Å². The van der Waals surface area contributed by atoms with Gasteiger partial charge < -0.3 is 19.8 Å². The summed E-state index contributed by atoms with van der Waals surface area (Å²) in [6.07, 6.45) is 2.27. The van der Waals surface area contributed by atoms with Crippen LogP contribution in [0.1, 0.15) is 35.4 Å². The Kier molecular flexibility index (Phi) is 4.44. The smallest absolute Gasteiger partial charge is 0.258 e. The minimum Gasteiger partial charge on any atom is -0.461 e. The Morgan fingerprint density at radius 3 is 2.62 bits per heavy atom. The summed E-state index contributed by atoms with van der Waals surface area (Å²) in [4.78, 5) is 26.6. The fraction of sp³-hybridized carbons (Fsp3) is 0.500. The number of hydrogen-bond acceptors (Lipinski definition) is 4. The number of nitrogens with zero attached hydrogens (tertiary/aromatic N) is 1. The van der Waals surface area contributed by atoms with Crippen LogP contribution in [0.5, 0.6) is 0 Å². The number of aryl methyl sites for hydroxylation is 1. The van der Waals surface area contributed by atoms with Crippen molar-refractivity contribution in [3.8, 4) is 0 Å². The van der Waals surface area contributed by atoms with E-state index in [0.29, 0.717) is 37.4 Å². The summed E-state index contributed by atoms with van der Waals surface area (Å²) in [7, 11) is 0. The molecule has 3 heterocycles. The van der Waals surface area contributed by atoms with E-state index in [1.54, 1.807) is 0 Å². The first kappa shape index (κ1) is 17.1. The summed E-state index contributed by atoms with van der Waals surface area (Å²) < 4.78 is 11.5. The Morgan fingerprint density at radius 1 is 1.15 bits per heavy atom. The lowest BCUT2D eigenvalue weighted by Gasteiger charge is -2.35. The summed E-state index contributed by atoms with van der Waals surface area (Å²) in [5.74, 6) is 0.492. The molecule has 138 valence electrons. The summed E-state index contributed by atoms with van der Waals surface area (Å²) in [5.41, 5.74) is 6.91. The number of furan rings is 1. The van der Waals surface area contributed by atoms with Gasteiger partial charge in [0.25, 0.3) is 5.91 Å². The van der Waals surface area contributed by atoms with Gasteiger partial charge in [0.05, 0.1) is 17.6 Å². The standard InChI is InChI=1S/C20H24N2O4/c1-12-17(14-4-2-3-5-16(14)26-12)20(24)22-9-6-13(7-10-22)18-15(19(21)23)8-11-25-18/h2-5,13,15,18H,6-11H2,1H3,(H2,21,23)/t15-,18+/m0/s1. The molecule has 6 heteroatoms. The van der Waals surface area contributed by atoms with Crippen molar-refractivity contribution in [3.05, 3.63) is 35.6 Å². The number of amides is 2. The van der Waals surface area contributed by atoms with E-state index < -0.39 is 0 Å². The van der Waals surface area contributed by atoms with Gasteiger partial charge in [-0.05, 0) is 38.2 Å². The van der Waals surface area contributed by atoms with Gasteiger partial charge in [0.15, 0.2) is 0 Å². The molecule has 2 amide bonds. The van der Waals surface area contributed by atoms with E-state index in [-0.39, 0.29) is 29.8 Å². The number of piperidine rings is 1. The second-order valence-electron chi connectivity index (χ2n) is 7.29. The van der Waals surface area contributed by atoms with Gasteiger partial charge in [0.1, 0.15) is 11.3 Å². The van der Waals surface area contributed by atoms with E-state index >= 15 is 0 Å². The average Bonchev–Trinajstić information content (AvgIpc) is 3.25.